The van der Waals surface area contributed by atoms with Crippen LogP contribution < -0.4 is 10.1 Å². The Kier molecular flexibility index (Phi) is 5.72. The number of halogens is 2. The number of rotatable bonds is 6. The number of hydrogen-bond donors (Lipinski definition) is 1. The molecule has 0 fully saturated rings. The highest BCUT2D eigenvalue weighted by molar-refractivity contribution is 6.42. The number of ether oxygens (including phenoxy) is 1. The van der Waals surface area contributed by atoms with Crippen molar-refractivity contribution in [3.8, 4) is 5.75 Å². The summed E-state index contributed by atoms with van der Waals surface area (Å²) in [7, 11) is 0. The summed E-state index contributed by atoms with van der Waals surface area (Å²) in [5.74, 6) is 0.844. The van der Waals surface area contributed by atoms with Crippen molar-refractivity contribution >= 4 is 23.2 Å². The van der Waals surface area contributed by atoms with Crippen LogP contribution in [0.1, 0.15) is 18.1 Å². The molecule has 0 amide bonds. The van der Waals surface area contributed by atoms with Crippen LogP contribution in [0.2, 0.25) is 10.0 Å². The van der Waals surface area contributed by atoms with Crippen LogP contribution in [0.25, 0.3) is 0 Å². The van der Waals surface area contributed by atoms with E-state index in [4.69, 9.17) is 27.9 Å². The van der Waals surface area contributed by atoms with E-state index in [1.807, 2.05) is 24.3 Å². The van der Waals surface area contributed by atoms with Gasteiger partial charge in [0.15, 0.2) is 0 Å². The van der Waals surface area contributed by atoms with Gasteiger partial charge in [0, 0.05) is 6.54 Å². The van der Waals surface area contributed by atoms with Gasteiger partial charge in [-0.3, -0.25) is 0 Å². The third-order valence-electron chi connectivity index (χ3n) is 2.89. The first-order valence-corrected chi connectivity index (χ1v) is 7.31. The van der Waals surface area contributed by atoms with Gasteiger partial charge >= 0.3 is 0 Å². The Morgan fingerprint density at radius 3 is 2.30 bits per heavy atom. The average molecular weight is 310 g/mol. The van der Waals surface area contributed by atoms with Crippen molar-refractivity contribution in [3.05, 3.63) is 63.6 Å². The standard InChI is InChI=1S/C16H17Cl2NO/c1-2-19-10-12-3-6-14(7-4-12)20-11-13-5-8-15(17)16(18)9-13/h3-9,19H,2,10-11H2,1H3. The van der Waals surface area contributed by atoms with Crippen molar-refractivity contribution in [2.24, 2.45) is 0 Å². The van der Waals surface area contributed by atoms with E-state index in [1.54, 1.807) is 6.07 Å². The molecule has 0 unspecified atom stereocenters. The quantitative estimate of drug-likeness (QED) is 0.836. The largest absolute Gasteiger partial charge is 0.489 e. The van der Waals surface area contributed by atoms with E-state index >= 15 is 0 Å². The topological polar surface area (TPSA) is 21.3 Å². The zero-order valence-electron chi connectivity index (χ0n) is 11.3. The maximum atomic E-state index is 5.97. The van der Waals surface area contributed by atoms with Gasteiger partial charge in [-0.15, -0.1) is 0 Å². The third kappa shape index (κ3) is 4.41. The first kappa shape index (κ1) is 15.2. The van der Waals surface area contributed by atoms with E-state index in [0.717, 1.165) is 24.4 Å². The molecule has 2 rings (SSSR count). The average Bonchev–Trinajstić information content (AvgIpc) is 2.47. The normalized spacial score (nSPS) is 10.6. The fourth-order valence-electron chi connectivity index (χ4n) is 1.77. The summed E-state index contributed by atoms with van der Waals surface area (Å²) in [5, 5.41) is 4.39. The SMILES string of the molecule is CCNCc1ccc(OCc2ccc(Cl)c(Cl)c2)cc1. The Labute approximate surface area is 129 Å². The Morgan fingerprint density at radius 1 is 0.950 bits per heavy atom. The van der Waals surface area contributed by atoms with Crippen LogP contribution in [-0.4, -0.2) is 6.54 Å². The molecule has 1 N–H and O–H groups in total. The maximum absolute atomic E-state index is 5.97. The van der Waals surface area contributed by atoms with Crippen molar-refractivity contribution in [3.63, 3.8) is 0 Å². The summed E-state index contributed by atoms with van der Waals surface area (Å²) in [4.78, 5) is 0. The Bertz CT molecular complexity index is 555. The molecule has 2 aromatic carbocycles. The lowest BCUT2D eigenvalue weighted by Crippen LogP contribution is -2.11. The predicted octanol–water partition coefficient (Wildman–Crippen LogP) is 4.68. The molecule has 0 atom stereocenters. The van der Waals surface area contributed by atoms with Crippen molar-refractivity contribution in [2.75, 3.05) is 6.54 Å². The molecule has 0 radical (unpaired) electrons. The van der Waals surface area contributed by atoms with Gasteiger partial charge in [-0.1, -0.05) is 48.3 Å². The van der Waals surface area contributed by atoms with Crippen LogP contribution in [0.15, 0.2) is 42.5 Å². The van der Waals surface area contributed by atoms with Crippen LogP contribution in [0.4, 0.5) is 0 Å². The van der Waals surface area contributed by atoms with E-state index in [-0.39, 0.29) is 0 Å². The molecule has 0 aliphatic heterocycles. The van der Waals surface area contributed by atoms with Crippen LogP contribution in [0.3, 0.4) is 0 Å². The van der Waals surface area contributed by atoms with E-state index in [9.17, 15) is 0 Å². The molecule has 4 heteroatoms. The Balaban J connectivity index is 1.91. The Hall–Kier alpha value is -1.22. The fourth-order valence-corrected chi connectivity index (χ4v) is 2.09. The maximum Gasteiger partial charge on any atom is 0.119 e. The second-order valence-corrected chi connectivity index (χ2v) is 5.28. The van der Waals surface area contributed by atoms with Crippen LogP contribution in [-0.2, 0) is 13.2 Å². The molecule has 0 saturated heterocycles. The summed E-state index contributed by atoms with van der Waals surface area (Å²) in [6.45, 7) is 4.41. The van der Waals surface area contributed by atoms with E-state index in [0.29, 0.717) is 16.7 Å². The molecule has 0 aliphatic carbocycles. The smallest absolute Gasteiger partial charge is 0.119 e. The fraction of sp³-hybridized carbons (Fsp3) is 0.250. The van der Waals surface area contributed by atoms with E-state index in [2.05, 4.69) is 24.4 Å². The summed E-state index contributed by atoms with van der Waals surface area (Å²) in [6.07, 6.45) is 0. The molecule has 0 bridgehead atoms. The zero-order chi connectivity index (χ0) is 14.4. The molecule has 0 aromatic heterocycles. The van der Waals surface area contributed by atoms with Crippen molar-refractivity contribution in [2.45, 2.75) is 20.1 Å². The lowest BCUT2D eigenvalue weighted by Gasteiger charge is -2.08. The van der Waals surface area contributed by atoms with Crippen LogP contribution >= 0.6 is 23.2 Å². The second-order valence-electron chi connectivity index (χ2n) is 4.46. The number of benzene rings is 2. The molecule has 0 heterocycles. The molecule has 0 aliphatic rings. The van der Waals surface area contributed by atoms with Gasteiger partial charge in [-0.2, -0.15) is 0 Å². The molecule has 0 saturated carbocycles. The monoisotopic (exact) mass is 309 g/mol. The first-order chi connectivity index (χ1) is 9.69. The highest BCUT2D eigenvalue weighted by Crippen LogP contribution is 2.23. The summed E-state index contributed by atoms with van der Waals surface area (Å²) in [5.41, 5.74) is 2.24. The van der Waals surface area contributed by atoms with Gasteiger partial charge in [0.25, 0.3) is 0 Å². The number of hydrogen-bond acceptors (Lipinski definition) is 2. The van der Waals surface area contributed by atoms with E-state index < -0.39 is 0 Å². The third-order valence-corrected chi connectivity index (χ3v) is 3.63. The molecule has 106 valence electrons. The van der Waals surface area contributed by atoms with Gasteiger partial charge in [0.05, 0.1) is 10.0 Å². The first-order valence-electron chi connectivity index (χ1n) is 6.55. The zero-order valence-corrected chi connectivity index (χ0v) is 12.8. The molecule has 20 heavy (non-hydrogen) atoms. The molecular formula is C16H17Cl2NO. The van der Waals surface area contributed by atoms with Crippen molar-refractivity contribution in [1.82, 2.24) is 5.32 Å². The molecular weight excluding hydrogens is 293 g/mol. The van der Waals surface area contributed by atoms with Crippen molar-refractivity contribution in [1.29, 1.82) is 0 Å². The predicted molar refractivity (Wildman–Crippen MR) is 84.6 cm³/mol. The lowest BCUT2D eigenvalue weighted by atomic mass is 10.2. The van der Waals surface area contributed by atoms with Crippen molar-refractivity contribution < 1.29 is 4.74 Å². The highest BCUT2D eigenvalue weighted by atomic mass is 35.5. The molecule has 0 spiro atoms. The minimum Gasteiger partial charge on any atom is -0.489 e. The molecule has 2 nitrogen and oxygen atoms in total. The highest BCUT2D eigenvalue weighted by Gasteiger charge is 2.01. The number of nitrogens with one attached hydrogen (secondary N) is 1. The minimum atomic E-state index is 0.476. The Morgan fingerprint density at radius 2 is 1.65 bits per heavy atom. The van der Waals surface area contributed by atoms with Gasteiger partial charge in [-0.25, -0.2) is 0 Å². The van der Waals surface area contributed by atoms with Gasteiger partial charge < -0.3 is 10.1 Å². The van der Waals surface area contributed by atoms with E-state index in [1.165, 1.54) is 5.56 Å². The summed E-state index contributed by atoms with van der Waals surface area (Å²) >= 11 is 11.8. The molecule has 2 aromatic rings. The lowest BCUT2D eigenvalue weighted by molar-refractivity contribution is 0.306. The summed E-state index contributed by atoms with van der Waals surface area (Å²) in [6, 6.07) is 13.6. The van der Waals surface area contributed by atoms with Crippen LogP contribution in [0.5, 0.6) is 5.75 Å². The van der Waals surface area contributed by atoms with Gasteiger partial charge in [-0.05, 0) is 41.9 Å². The minimum absolute atomic E-state index is 0.476. The van der Waals surface area contributed by atoms with Gasteiger partial charge in [0.2, 0.25) is 0 Å². The second kappa shape index (κ2) is 7.53. The van der Waals surface area contributed by atoms with Gasteiger partial charge in [0.1, 0.15) is 12.4 Å². The van der Waals surface area contributed by atoms with Crippen LogP contribution in [0, 0.1) is 0 Å². The summed E-state index contributed by atoms with van der Waals surface area (Å²) < 4.78 is 5.72.